The fourth-order valence-corrected chi connectivity index (χ4v) is 6.45. The van der Waals surface area contributed by atoms with Gasteiger partial charge in [-0.15, -0.1) is 0 Å². The topological polar surface area (TPSA) is 0 Å². The van der Waals surface area contributed by atoms with Crippen molar-refractivity contribution in [3.63, 3.8) is 0 Å². The molecule has 0 amide bonds. The summed E-state index contributed by atoms with van der Waals surface area (Å²) in [6.45, 7) is 0. The van der Waals surface area contributed by atoms with E-state index in [1.807, 2.05) is 0 Å². The van der Waals surface area contributed by atoms with Crippen molar-refractivity contribution >= 4 is 73.2 Å². The van der Waals surface area contributed by atoms with Gasteiger partial charge in [0.15, 0.2) is 0 Å². The minimum absolute atomic E-state index is 0.826. The summed E-state index contributed by atoms with van der Waals surface area (Å²) >= 11 is 19.3. The molecule has 0 saturated heterocycles. The summed E-state index contributed by atoms with van der Waals surface area (Å²) in [5.74, 6) is 9.64. The molecule has 128 valence electrons. The van der Waals surface area contributed by atoms with Gasteiger partial charge in [0.1, 0.15) is 0 Å². The van der Waals surface area contributed by atoms with E-state index in [0.29, 0.717) is 0 Å². The van der Waals surface area contributed by atoms with Gasteiger partial charge < -0.3 is 0 Å². The highest BCUT2D eigenvalue weighted by Gasteiger charge is 2.09. The molecule has 0 rings (SSSR count). The Morgan fingerprint density at radius 1 is 0.571 bits per heavy atom. The average molecular weight is 405 g/mol. The predicted molar refractivity (Wildman–Crippen MR) is 120 cm³/mol. The van der Waals surface area contributed by atoms with Crippen molar-refractivity contribution in [2.75, 3.05) is 46.0 Å². The van der Waals surface area contributed by atoms with E-state index in [4.69, 9.17) is 0 Å². The zero-order valence-corrected chi connectivity index (χ0v) is 18.2. The maximum Gasteiger partial charge on any atom is 0.0228 e. The third kappa shape index (κ3) is 18.3. The molecule has 0 spiro atoms. The number of hydrogen-bond acceptors (Lipinski definition) is 6. The number of rotatable bonds is 17. The van der Waals surface area contributed by atoms with Gasteiger partial charge >= 0.3 is 0 Å². The number of hydrogen-bond donors (Lipinski definition) is 3. The molecule has 0 radical (unpaired) electrons. The standard InChI is InChI=1S/C15H32S6/c16-7-1-4-10-19-13-15(21-12-6-3-9-18)14-20-11-5-2-8-17/h15-18H,1-14H2. The van der Waals surface area contributed by atoms with Crippen molar-refractivity contribution in [3.05, 3.63) is 0 Å². The first kappa shape index (κ1) is 23.1. The summed E-state index contributed by atoms with van der Waals surface area (Å²) in [6, 6.07) is 0. The molecule has 0 aliphatic rings. The molecule has 21 heavy (non-hydrogen) atoms. The number of thioether (sulfide) groups is 3. The molecule has 0 saturated carbocycles. The molecule has 0 aliphatic heterocycles. The van der Waals surface area contributed by atoms with Crippen LogP contribution in [0.5, 0.6) is 0 Å². The molecule has 0 aliphatic carbocycles. The van der Waals surface area contributed by atoms with Crippen molar-refractivity contribution in [2.45, 2.75) is 43.8 Å². The molecule has 0 heterocycles. The Morgan fingerprint density at radius 3 is 1.43 bits per heavy atom. The van der Waals surface area contributed by atoms with Crippen LogP contribution >= 0.6 is 73.2 Å². The van der Waals surface area contributed by atoms with Crippen LogP contribution in [0.2, 0.25) is 0 Å². The molecule has 0 aromatic heterocycles. The van der Waals surface area contributed by atoms with Crippen LogP contribution in [0.25, 0.3) is 0 Å². The second-order valence-electron chi connectivity index (χ2n) is 4.93. The predicted octanol–water partition coefficient (Wildman–Crippen LogP) is 5.68. The highest BCUT2D eigenvalue weighted by molar-refractivity contribution is 8.05. The van der Waals surface area contributed by atoms with E-state index in [2.05, 4.69) is 73.2 Å². The van der Waals surface area contributed by atoms with Crippen LogP contribution in [0.4, 0.5) is 0 Å². The average Bonchev–Trinajstić information content (AvgIpc) is 2.50. The number of thiol groups is 3. The van der Waals surface area contributed by atoms with E-state index >= 15 is 0 Å². The molecular formula is C15H32S6. The van der Waals surface area contributed by atoms with Crippen LogP contribution < -0.4 is 0 Å². The van der Waals surface area contributed by atoms with Gasteiger partial charge in [0.05, 0.1) is 0 Å². The molecule has 0 nitrogen and oxygen atoms in total. The normalized spacial score (nSPS) is 11.4. The monoisotopic (exact) mass is 404 g/mol. The van der Waals surface area contributed by atoms with Gasteiger partial charge in [0.25, 0.3) is 0 Å². The van der Waals surface area contributed by atoms with Crippen molar-refractivity contribution < 1.29 is 0 Å². The lowest BCUT2D eigenvalue weighted by atomic mass is 10.4. The lowest BCUT2D eigenvalue weighted by molar-refractivity contribution is 0.902. The Kier molecular flexibility index (Phi) is 22.2. The Labute approximate surface area is 162 Å². The molecule has 0 atom stereocenters. The van der Waals surface area contributed by atoms with E-state index in [0.717, 1.165) is 22.5 Å². The number of unbranched alkanes of at least 4 members (excludes halogenated alkanes) is 3. The molecule has 6 heteroatoms. The Bertz CT molecular complexity index is 177. The lowest BCUT2D eigenvalue weighted by Gasteiger charge is -2.16. The molecule has 0 aromatic carbocycles. The highest BCUT2D eigenvalue weighted by Crippen LogP contribution is 2.23. The Morgan fingerprint density at radius 2 is 1.00 bits per heavy atom. The third-order valence-corrected chi connectivity index (χ3v) is 8.04. The first-order valence-corrected chi connectivity index (χ1v) is 13.2. The summed E-state index contributed by atoms with van der Waals surface area (Å²) in [6.07, 6.45) is 7.73. The zero-order valence-electron chi connectivity index (χ0n) is 13.0. The third-order valence-electron chi connectivity index (χ3n) is 2.91. The summed E-state index contributed by atoms with van der Waals surface area (Å²) in [5.41, 5.74) is 0. The fraction of sp³-hybridized carbons (Fsp3) is 1.00. The maximum absolute atomic E-state index is 4.29. The quantitative estimate of drug-likeness (QED) is 0.211. The van der Waals surface area contributed by atoms with E-state index in [1.54, 1.807) is 0 Å². The van der Waals surface area contributed by atoms with E-state index < -0.39 is 0 Å². The van der Waals surface area contributed by atoms with Crippen LogP contribution in [-0.2, 0) is 0 Å². The molecule has 0 unspecified atom stereocenters. The van der Waals surface area contributed by atoms with Crippen molar-refractivity contribution in [1.29, 1.82) is 0 Å². The van der Waals surface area contributed by atoms with Crippen LogP contribution in [0.3, 0.4) is 0 Å². The molecule has 0 N–H and O–H groups in total. The Hall–Kier alpha value is 2.10. The van der Waals surface area contributed by atoms with Gasteiger partial charge in [-0.25, -0.2) is 0 Å². The summed E-state index contributed by atoms with van der Waals surface area (Å²) in [4.78, 5) is 0. The minimum atomic E-state index is 0.826. The van der Waals surface area contributed by atoms with Gasteiger partial charge in [-0.1, -0.05) is 0 Å². The summed E-state index contributed by atoms with van der Waals surface area (Å²) in [7, 11) is 0. The smallest absolute Gasteiger partial charge is 0.0228 e. The maximum atomic E-state index is 4.29. The second-order valence-corrected chi connectivity index (χ2v) is 9.98. The summed E-state index contributed by atoms with van der Waals surface area (Å²) < 4.78 is 0. The molecule has 0 aromatic rings. The Balaban J connectivity index is 3.69. The van der Waals surface area contributed by atoms with E-state index in [1.165, 1.54) is 67.3 Å². The van der Waals surface area contributed by atoms with Crippen molar-refractivity contribution in [2.24, 2.45) is 0 Å². The van der Waals surface area contributed by atoms with Crippen LogP contribution in [0.1, 0.15) is 38.5 Å². The van der Waals surface area contributed by atoms with Crippen molar-refractivity contribution in [3.8, 4) is 0 Å². The first-order valence-electron chi connectivity index (χ1n) is 7.94. The van der Waals surface area contributed by atoms with E-state index in [9.17, 15) is 0 Å². The van der Waals surface area contributed by atoms with Gasteiger partial charge in [-0.2, -0.15) is 73.2 Å². The van der Waals surface area contributed by atoms with Gasteiger partial charge in [0.2, 0.25) is 0 Å². The van der Waals surface area contributed by atoms with Crippen LogP contribution in [0.15, 0.2) is 0 Å². The molecule has 0 bridgehead atoms. The minimum Gasteiger partial charge on any atom is -0.179 e. The molecule has 0 fully saturated rings. The first-order chi connectivity index (χ1) is 10.3. The van der Waals surface area contributed by atoms with Gasteiger partial charge in [-0.3, -0.25) is 0 Å². The fourth-order valence-electron chi connectivity index (χ4n) is 1.67. The van der Waals surface area contributed by atoms with Crippen LogP contribution in [-0.4, -0.2) is 51.3 Å². The zero-order chi connectivity index (χ0) is 15.6. The van der Waals surface area contributed by atoms with Gasteiger partial charge in [0, 0.05) is 16.8 Å². The second kappa shape index (κ2) is 20.1. The van der Waals surface area contributed by atoms with E-state index in [-0.39, 0.29) is 0 Å². The molecular weight excluding hydrogens is 373 g/mol. The largest absolute Gasteiger partial charge is 0.179 e. The van der Waals surface area contributed by atoms with Crippen molar-refractivity contribution in [1.82, 2.24) is 0 Å². The summed E-state index contributed by atoms with van der Waals surface area (Å²) in [5, 5.41) is 0.826. The van der Waals surface area contributed by atoms with Crippen LogP contribution in [0, 0.1) is 0 Å². The lowest BCUT2D eigenvalue weighted by Crippen LogP contribution is -2.12. The highest BCUT2D eigenvalue weighted by atomic mass is 32.2. The van der Waals surface area contributed by atoms with Gasteiger partial charge in [-0.05, 0) is 73.0 Å². The SMILES string of the molecule is SCCCCSCC(CSCCCCS)SCCCCS.